The molecule has 0 atom stereocenters. The molecule has 0 radical (unpaired) electrons. The van der Waals surface area contributed by atoms with E-state index in [0.717, 1.165) is 17.8 Å². The molecule has 0 bridgehead atoms. The average molecular weight is 266 g/mol. The minimum absolute atomic E-state index is 0.469. The largest absolute Gasteiger partial charge is 0.326 e. The molecule has 1 aromatic carbocycles. The molecule has 0 saturated carbocycles. The van der Waals surface area contributed by atoms with Crippen molar-refractivity contribution in [2.24, 2.45) is 5.73 Å². The van der Waals surface area contributed by atoms with Crippen molar-refractivity contribution in [3.05, 3.63) is 59.2 Å². The second-order valence-electron chi connectivity index (χ2n) is 5.16. The molecule has 0 amide bonds. The molecule has 4 heteroatoms. The number of hydrogen-bond acceptors (Lipinski definition) is 3. The summed E-state index contributed by atoms with van der Waals surface area (Å²) in [6.45, 7) is 5.50. The Morgan fingerprint density at radius 1 is 1.10 bits per heavy atom. The fraction of sp³-hybridized carbons (Fsp3) is 0.250. The van der Waals surface area contributed by atoms with Gasteiger partial charge in [0.15, 0.2) is 0 Å². The highest BCUT2D eigenvalue weighted by Gasteiger charge is 2.06. The summed E-state index contributed by atoms with van der Waals surface area (Å²) in [7, 11) is 0. The SMILES string of the molecule is Cc1cc2ncn(Cc3ccnc(CN)c3)c2cc1C. The first kappa shape index (κ1) is 12.8. The molecule has 20 heavy (non-hydrogen) atoms. The van der Waals surface area contributed by atoms with Crippen LogP contribution in [0.15, 0.2) is 36.8 Å². The third kappa shape index (κ3) is 2.30. The molecule has 0 aliphatic carbocycles. The van der Waals surface area contributed by atoms with Gasteiger partial charge in [0.2, 0.25) is 0 Å². The van der Waals surface area contributed by atoms with Crippen LogP contribution in [0.4, 0.5) is 0 Å². The third-order valence-electron chi connectivity index (χ3n) is 3.68. The van der Waals surface area contributed by atoms with Crippen LogP contribution in [0.5, 0.6) is 0 Å². The van der Waals surface area contributed by atoms with Crippen LogP contribution >= 0.6 is 0 Å². The van der Waals surface area contributed by atoms with Gasteiger partial charge in [-0.2, -0.15) is 0 Å². The fourth-order valence-electron chi connectivity index (χ4n) is 2.37. The number of fused-ring (bicyclic) bond motifs is 1. The highest BCUT2D eigenvalue weighted by Crippen LogP contribution is 2.19. The van der Waals surface area contributed by atoms with Crippen molar-refractivity contribution in [1.82, 2.24) is 14.5 Å². The van der Waals surface area contributed by atoms with Gasteiger partial charge in [-0.05, 0) is 54.8 Å². The smallest absolute Gasteiger partial charge is 0.0961 e. The summed E-state index contributed by atoms with van der Waals surface area (Å²) in [6, 6.07) is 8.40. The molecule has 4 nitrogen and oxygen atoms in total. The van der Waals surface area contributed by atoms with Crippen molar-refractivity contribution < 1.29 is 0 Å². The van der Waals surface area contributed by atoms with Crippen molar-refractivity contribution in [2.45, 2.75) is 26.9 Å². The Labute approximate surface area is 118 Å². The first-order valence-electron chi connectivity index (χ1n) is 6.73. The molecule has 3 rings (SSSR count). The number of imidazole rings is 1. The zero-order valence-corrected chi connectivity index (χ0v) is 11.8. The van der Waals surface area contributed by atoms with Crippen molar-refractivity contribution in [3.63, 3.8) is 0 Å². The lowest BCUT2D eigenvalue weighted by Crippen LogP contribution is -2.03. The molecule has 0 aliphatic heterocycles. The van der Waals surface area contributed by atoms with Crippen molar-refractivity contribution in [2.75, 3.05) is 0 Å². The predicted octanol–water partition coefficient (Wildman–Crippen LogP) is 2.56. The summed E-state index contributed by atoms with van der Waals surface area (Å²) >= 11 is 0. The Kier molecular flexibility index (Phi) is 3.24. The molecule has 0 saturated heterocycles. The van der Waals surface area contributed by atoms with Crippen LogP contribution in [0.2, 0.25) is 0 Å². The van der Waals surface area contributed by atoms with Gasteiger partial charge < -0.3 is 10.3 Å². The Balaban J connectivity index is 2.00. The van der Waals surface area contributed by atoms with E-state index >= 15 is 0 Å². The predicted molar refractivity (Wildman–Crippen MR) is 80.4 cm³/mol. The number of aromatic nitrogens is 3. The Bertz CT molecular complexity index is 758. The van der Waals surface area contributed by atoms with E-state index in [1.165, 1.54) is 22.2 Å². The topological polar surface area (TPSA) is 56.7 Å². The second-order valence-corrected chi connectivity index (χ2v) is 5.16. The Morgan fingerprint density at radius 2 is 1.90 bits per heavy atom. The van der Waals surface area contributed by atoms with E-state index in [9.17, 15) is 0 Å². The monoisotopic (exact) mass is 266 g/mol. The molecule has 102 valence electrons. The van der Waals surface area contributed by atoms with Crippen LogP contribution in [-0.4, -0.2) is 14.5 Å². The molecule has 0 fully saturated rings. The summed E-state index contributed by atoms with van der Waals surface area (Å²) in [6.07, 6.45) is 3.71. The number of rotatable bonds is 3. The Hall–Kier alpha value is -2.20. The number of pyridine rings is 1. The van der Waals surface area contributed by atoms with E-state index in [2.05, 4.69) is 40.5 Å². The van der Waals surface area contributed by atoms with E-state index < -0.39 is 0 Å². The molecule has 3 aromatic rings. The quantitative estimate of drug-likeness (QED) is 0.792. The summed E-state index contributed by atoms with van der Waals surface area (Å²) in [5.74, 6) is 0. The number of nitrogens with zero attached hydrogens (tertiary/aromatic N) is 3. The van der Waals surface area contributed by atoms with Gasteiger partial charge in [-0.3, -0.25) is 4.98 Å². The molecule has 0 spiro atoms. The molecular formula is C16H18N4. The minimum atomic E-state index is 0.469. The van der Waals surface area contributed by atoms with E-state index in [1.807, 2.05) is 24.7 Å². The molecule has 2 heterocycles. The van der Waals surface area contributed by atoms with E-state index in [-0.39, 0.29) is 0 Å². The number of aryl methyl sites for hydroxylation is 2. The van der Waals surface area contributed by atoms with E-state index in [4.69, 9.17) is 5.73 Å². The summed E-state index contributed by atoms with van der Waals surface area (Å²) in [4.78, 5) is 8.71. The van der Waals surface area contributed by atoms with Gasteiger partial charge >= 0.3 is 0 Å². The molecule has 2 aromatic heterocycles. The van der Waals surface area contributed by atoms with Gasteiger partial charge in [-0.1, -0.05) is 0 Å². The Morgan fingerprint density at radius 3 is 2.70 bits per heavy atom. The standard InChI is InChI=1S/C16H18N4/c1-11-5-15-16(6-12(11)2)20(10-19-15)9-13-3-4-18-14(7-13)8-17/h3-7,10H,8-9,17H2,1-2H3. The molecule has 2 N–H and O–H groups in total. The maximum Gasteiger partial charge on any atom is 0.0961 e. The highest BCUT2D eigenvalue weighted by atomic mass is 15.0. The third-order valence-corrected chi connectivity index (χ3v) is 3.68. The normalized spacial score (nSPS) is 11.2. The van der Waals surface area contributed by atoms with Gasteiger partial charge in [0.25, 0.3) is 0 Å². The molecule has 0 aliphatic rings. The lowest BCUT2D eigenvalue weighted by atomic mass is 10.1. The zero-order chi connectivity index (χ0) is 14.1. The van der Waals surface area contributed by atoms with Crippen LogP contribution in [0, 0.1) is 13.8 Å². The van der Waals surface area contributed by atoms with Gasteiger partial charge in [-0.15, -0.1) is 0 Å². The summed E-state index contributed by atoms with van der Waals surface area (Å²) in [5, 5.41) is 0. The lowest BCUT2D eigenvalue weighted by Gasteiger charge is -2.07. The first-order chi connectivity index (χ1) is 9.67. The first-order valence-corrected chi connectivity index (χ1v) is 6.73. The summed E-state index contributed by atoms with van der Waals surface area (Å²) < 4.78 is 2.16. The maximum atomic E-state index is 5.64. The van der Waals surface area contributed by atoms with Crippen LogP contribution in [0.3, 0.4) is 0 Å². The number of nitrogens with two attached hydrogens (primary N) is 1. The second kappa shape index (κ2) is 5.06. The van der Waals surface area contributed by atoms with Gasteiger partial charge in [0.1, 0.15) is 0 Å². The van der Waals surface area contributed by atoms with Crippen LogP contribution in [0.1, 0.15) is 22.4 Å². The van der Waals surface area contributed by atoms with Crippen LogP contribution in [-0.2, 0) is 13.1 Å². The summed E-state index contributed by atoms with van der Waals surface area (Å²) in [5.41, 5.74) is 12.5. The lowest BCUT2D eigenvalue weighted by molar-refractivity contribution is 0.816. The highest BCUT2D eigenvalue weighted by molar-refractivity contribution is 5.77. The molecular weight excluding hydrogens is 248 g/mol. The average Bonchev–Trinajstić information content (AvgIpc) is 2.82. The zero-order valence-electron chi connectivity index (χ0n) is 11.8. The van der Waals surface area contributed by atoms with Gasteiger partial charge in [-0.25, -0.2) is 4.98 Å². The van der Waals surface area contributed by atoms with Crippen molar-refractivity contribution in [1.29, 1.82) is 0 Å². The van der Waals surface area contributed by atoms with Crippen molar-refractivity contribution >= 4 is 11.0 Å². The van der Waals surface area contributed by atoms with Crippen LogP contribution < -0.4 is 5.73 Å². The van der Waals surface area contributed by atoms with Crippen molar-refractivity contribution in [3.8, 4) is 0 Å². The van der Waals surface area contributed by atoms with Gasteiger partial charge in [0, 0.05) is 19.3 Å². The number of hydrogen-bond donors (Lipinski definition) is 1. The van der Waals surface area contributed by atoms with Gasteiger partial charge in [0.05, 0.1) is 23.1 Å². The van der Waals surface area contributed by atoms with Crippen LogP contribution in [0.25, 0.3) is 11.0 Å². The van der Waals surface area contributed by atoms with E-state index in [1.54, 1.807) is 0 Å². The minimum Gasteiger partial charge on any atom is -0.326 e. The van der Waals surface area contributed by atoms with E-state index in [0.29, 0.717) is 6.54 Å². The fourth-order valence-corrected chi connectivity index (χ4v) is 2.37. The maximum absolute atomic E-state index is 5.64. The molecule has 0 unspecified atom stereocenters. The number of benzene rings is 1.